The molecule has 4 N–H and O–H groups in total. The molecule has 0 aliphatic carbocycles. The zero-order valence-electron chi connectivity index (χ0n) is 24.8. The Kier molecular flexibility index (Phi) is 12.6. The number of fused-ring (bicyclic) bond motifs is 1. The predicted octanol–water partition coefficient (Wildman–Crippen LogP) is 2.70. The molecule has 0 fully saturated rings. The van der Waals surface area contributed by atoms with E-state index in [9.17, 15) is 22.9 Å². The molecule has 234 valence electrons. The summed E-state index contributed by atoms with van der Waals surface area (Å²) in [5.41, 5.74) is 8.94. The molecule has 13 heteroatoms. The van der Waals surface area contributed by atoms with Gasteiger partial charge in [0.15, 0.2) is 6.61 Å². The van der Waals surface area contributed by atoms with Crippen LogP contribution in [0.2, 0.25) is 0 Å². The van der Waals surface area contributed by atoms with Gasteiger partial charge in [-0.1, -0.05) is 38.1 Å². The second-order valence-corrected chi connectivity index (χ2v) is 15.4. The summed E-state index contributed by atoms with van der Waals surface area (Å²) < 4.78 is 56.1. The van der Waals surface area contributed by atoms with Crippen LogP contribution in [0.25, 0.3) is 0 Å². The van der Waals surface area contributed by atoms with Gasteiger partial charge in [0, 0.05) is 44.5 Å². The first-order valence-electron chi connectivity index (χ1n) is 14.2. The molecule has 0 spiro atoms. The number of nitrogens with zero attached hydrogens (tertiary/aromatic N) is 1. The van der Waals surface area contributed by atoms with E-state index in [1.807, 2.05) is 31.2 Å². The molecule has 0 saturated heterocycles. The minimum absolute atomic E-state index is 0.0609. The number of hydrogen-bond donors (Lipinski definition) is 3. The van der Waals surface area contributed by atoms with Crippen molar-refractivity contribution in [2.24, 2.45) is 5.73 Å². The number of hydrogen-bond acceptors (Lipinski definition) is 10. The molecule has 11 nitrogen and oxygen atoms in total. The van der Waals surface area contributed by atoms with Crippen LogP contribution >= 0.6 is 7.37 Å². The first kappa shape index (κ1) is 34.2. The van der Waals surface area contributed by atoms with Gasteiger partial charge in [0.05, 0.1) is 24.7 Å². The van der Waals surface area contributed by atoms with Crippen molar-refractivity contribution >= 4 is 23.4 Å². The normalized spacial score (nSPS) is 19.3. The van der Waals surface area contributed by atoms with Crippen LogP contribution in [0.15, 0.2) is 47.4 Å². The van der Waals surface area contributed by atoms with Crippen LogP contribution in [0, 0.1) is 0 Å². The molecular weight excluding hydrogens is 581 g/mol. The lowest BCUT2D eigenvalue weighted by atomic mass is 9.99. The first-order valence-corrected chi connectivity index (χ1v) is 17.6. The van der Waals surface area contributed by atoms with Gasteiger partial charge < -0.3 is 30.2 Å². The zero-order chi connectivity index (χ0) is 30.9. The summed E-state index contributed by atoms with van der Waals surface area (Å²) in [7, 11) is -5.15. The molecule has 0 aromatic heterocycles. The fraction of sp³-hybridized carbons (Fsp3) is 0.552. The molecular formula is C29H44N3O8PS. The molecule has 4 unspecified atom stereocenters. The Balaban J connectivity index is 1.48. The molecule has 42 heavy (non-hydrogen) atoms. The van der Waals surface area contributed by atoms with Crippen molar-refractivity contribution in [3.63, 3.8) is 0 Å². The van der Waals surface area contributed by atoms with E-state index in [4.69, 9.17) is 19.7 Å². The number of sulfonamides is 1. The SMILES string of the molecule is CCOC(=O)COP(=O)(CC)CCNCc1ccc(CC(N)C(O)CN2CC(C)c3cc(OC)ccc3S2(=O)=O)cc1. The van der Waals surface area contributed by atoms with Gasteiger partial charge in [0.1, 0.15) is 5.75 Å². The van der Waals surface area contributed by atoms with Crippen LogP contribution in [-0.2, 0) is 41.6 Å². The number of ether oxygens (including phenoxy) is 2. The van der Waals surface area contributed by atoms with E-state index in [2.05, 4.69) is 5.32 Å². The molecule has 0 bridgehead atoms. The Morgan fingerprint density at radius 2 is 1.88 bits per heavy atom. The number of nitrogens with one attached hydrogen (secondary N) is 1. The fourth-order valence-electron chi connectivity index (χ4n) is 4.80. The van der Waals surface area contributed by atoms with Crippen LogP contribution in [0.5, 0.6) is 5.75 Å². The Hall–Kier alpha value is -2.31. The highest BCUT2D eigenvalue weighted by Crippen LogP contribution is 2.45. The average Bonchev–Trinajstić information content (AvgIpc) is 2.97. The highest BCUT2D eigenvalue weighted by molar-refractivity contribution is 7.89. The van der Waals surface area contributed by atoms with Crippen molar-refractivity contribution in [1.29, 1.82) is 0 Å². The number of carbonyl (C=O) groups is 1. The number of benzene rings is 2. The van der Waals surface area contributed by atoms with Crippen LogP contribution in [-0.4, -0.2) is 88.2 Å². The highest BCUT2D eigenvalue weighted by atomic mass is 32.2. The summed E-state index contributed by atoms with van der Waals surface area (Å²) in [4.78, 5) is 11.7. The van der Waals surface area contributed by atoms with E-state index in [1.54, 1.807) is 39.2 Å². The molecule has 4 atom stereocenters. The topological polar surface area (TPSA) is 157 Å². The summed E-state index contributed by atoms with van der Waals surface area (Å²) in [6.45, 7) is 6.53. The second kappa shape index (κ2) is 15.4. The van der Waals surface area contributed by atoms with Gasteiger partial charge in [-0.2, -0.15) is 4.31 Å². The van der Waals surface area contributed by atoms with Crippen LogP contribution in [0.4, 0.5) is 0 Å². The number of β-amino-alcohol motifs (C(OH)–C–C–N with tert-alkyl or cyclic N) is 1. The van der Waals surface area contributed by atoms with Crippen LogP contribution < -0.4 is 15.8 Å². The maximum absolute atomic E-state index is 13.3. The van der Waals surface area contributed by atoms with Gasteiger partial charge in [-0.05, 0) is 54.2 Å². The Labute approximate surface area is 249 Å². The van der Waals surface area contributed by atoms with Gasteiger partial charge in [-0.15, -0.1) is 0 Å². The number of nitrogens with two attached hydrogens (primary N) is 1. The van der Waals surface area contributed by atoms with E-state index in [-0.39, 0.29) is 37.1 Å². The summed E-state index contributed by atoms with van der Waals surface area (Å²) in [5.74, 6) is 0.0202. The number of carbonyl (C=O) groups excluding carboxylic acids is 1. The van der Waals surface area contributed by atoms with Gasteiger partial charge in [-0.25, -0.2) is 13.2 Å². The summed E-state index contributed by atoms with van der Waals surface area (Å²) in [5, 5.41) is 14.1. The van der Waals surface area contributed by atoms with Gasteiger partial charge in [0.25, 0.3) is 0 Å². The van der Waals surface area contributed by atoms with E-state index in [0.29, 0.717) is 43.1 Å². The first-order chi connectivity index (χ1) is 19.9. The lowest BCUT2D eigenvalue weighted by Gasteiger charge is -2.34. The zero-order valence-corrected chi connectivity index (χ0v) is 26.5. The van der Waals surface area contributed by atoms with E-state index >= 15 is 0 Å². The monoisotopic (exact) mass is 625 g/mol. The number of aliphatic hydroxyl groups is 1. The van der Waals surface area contributed by atoms with Gasteiger partial charge in [0.2, 0.25) is 17.4 Å². The highest BCUT2D eigenvalue weighted by Gasteiger charge is 2.37. The predicted molar refractivity (Wildman–Crippen MR) is 162 cm³/mol. The largest absolute Gasteiger partial charge is 0.497 e. The summed E-state index contributed by atoms with van der Waals surface area (Å²) in [6, 6.07) is 12.0. The number of aliphatic hydroxyl groups excluding tert-OH is 1. The molecule has 2 aromatic rings. The van der Waals surface area contributed by atoms with Crippen molar-refractivity contribution in [2.75, 3.05) is 52.3 Å². The Morgan fingerprint density at radius 3 is 2.52 bits per heavy atom. The smallest absolute Gasteiger partial charge is 0.332 e. The maximum atomic E-state index is 13.3. The van der Waals surface area contributed by atoms with Gasteiger partial charge in [-0.3, -0.25) is 4.57 Å². The lowest BCUT2D eigenvalue weighted by molar-refractivity contribution is -0.145. The van der Waals surface area contributed by atoms with E-state index in [1.165, 1.54) is 4.31 Å². The fourth-order valence-corrected chi connectivity index (χ4v) is 8.11. The minimum atomic E-state index is -3.77. The standard InChI is InChI=1S/C29H44N3O8PS/c1-5-39-29(34)20-40-41(35,6-2)14-13-31-17-23-9-7-22(8-10-23)15-26(30)27(33)19-32-18-21(3)25-16-24(38-4)11-12-28(25)42(32,36)37/h7-12,16,21,26-27,31,33H,5-6,13-15,17-20,30H2,1-4H3. The molecule has 2 aromatic carbocycles. The van der Waals surface area contributed by atoms with Crippen molar-refractivity contribution < 1.29 is 36.9 Å². The Morgan fingerprint density at radius 1 is 1.19 bits per heavy atom. The molecule has 1 heterocycles. The van der Waals surface area contributed by atoms with Crippen molar-refractivity contribution in [1.82, 2.24) is 9.62 Å². The third-order valence-corrected chi connectivity index (χ3v) is 11.8. The van der Waals surface area contributed by atoms with Crippen LogP contribution in [0.3, 0.4) is 0 Å². The number of esters is 1. The molecule has 0 saturated carbocycles. The molecule has 1 aliphatic heterocycles. The maximum Gasteiger partial charge on any atom is 0.332 e. The minimum Gasteiger partial charge on any atom is -0.497 e. The molecule has 1 aliphatic rings. The lowest BCUT2D eigenvalue weighted by Crippen LogP contribution is -2.49. The van der Waals surface area contributed by atoms with Crippen molar-refractivity contribution in [3.05, 3.63) is 59.2 Å². The van der Waals surface area contributed by atoms with E-state index in [0.717, 1.165) is 11.1 Å². The molecule has 3 rings (SSSR count). The van der Waals surface area contributed by atoms with E-state index < -0.39 is 35.5 Å². The molecule has 0 amide bonds. The quantitative estimate of drug-likeness (QED) is 0.144. The Bertz CT molecular complexity index is 1340. The second-order valence-electron chi connectivity index (χ2n) is 10.5. The third kappa shape index (κ3) is 9.09. The molecule has 0 radical (unpaired) electrons. The van der Waals surface area contributed by atoms with Crippen LogP contribution in [0.1, 0.15) is 43.4 Å². The third-order valence-electron chi connectivity index (χ3n) is 7.39. The average molecular weight is 626 g/mol. The van der Waals surface area contributed by atoms with Crippen molar-refractivity contribution in [2.45, 2.75) is 56.7 Å². The van der Waals surface area contributed by atoms with Gasteiger partial charge >= 0.3 is 5.97 Å². The van der Waals surface area contributed by atoms with Crippen molar-refractivity contribution in [3.8, 4) is 5.75 Å². The summed E-state index contributed by atoms with van der Waals surface area (Å²) in [6.07, 6.45) is -0.0312. The number of rotatable bonds is 16. The number of methoxy groups -OCH3 is 1. The summed E-state index contributed by atoms with van der Waals surface area (Å²) >= 11 is 0.